The van der Waals surface area contributed by atoms with E-state index in [0.29, 0.717) is 16.2 Å². The minimum atomic E-state index is -0.136. The zero-order valence-corrected chi connectivity index (χ0v) is 18.3. The molecule has 0 radical (unpaired) electrons. The van der Waals surface area contributed by atoms with E-state index in [-0.39, 0.29) is 23.3 Å². The van der Waals surface area contributed by atoms with E-state index >= 15 is 0 Å². The predicted octanol–water partition coefficient (Wildman–Crippen LogP) is 3.80. The lowest BCUT2D eigenvalue weighted by Gasteiger charge is -2.17. The van der Waals surface area contributed by atoms with Crippen LogP contribution in [-0.4, -0.2) is 40.3 Å². The molecule has 0 aliphatic heterocycles. The zero-order chi connectivity index (χ0) is 21.1. The minimum absolute atomic E-state index is 0.00727. The second-order valence-electron chi connectivity index (χ2n) is 7.32. The molecule has 154 valence electrons. The average Bonchev–Trinajstić information content (AvgIpc) is 3.07. The number of H-pyrrole nitrogens is 1. The third-order valence-electron chi connectivity index (χ3n) is 4.82. The van der Waals surface area contributed by atoms with Crippen LogP contribution in [0.25, 0.3) is 11.0 Å². The fourth-order valence-electron chi connectivity index (χ4n) is 3.03. The first-order valence-corrected chi connectivity index (χ1v) is 10.6. The molecule has 0 saturated heterocycles. The molecule has 0 aliphatic carbocycles. The standard InChI is InChI=1S/C21H27N5O2S/c1-6-14(3)26-20(28)19-17(11-13(2)22-19)24-21(26)29-12-18(27)23-15-7-9-16(10-8-15)25(4)5/h7-11,14,22H,6,12H2,1-5H3,(H,23,27)/t14-/m1/s1. The van der Waals surface area contributed by atoms with Crippen molar-refractivity contribution in [1.29, 1.82) is 0 Å². The van der Waals surface area contributed by atoms with Crippen LogP contribution in [0.2, 0.25) is 0 Å². The number of thioether (sulfide) groups is 1. The Balaban J connectivity index is 1.78. The Bertz CT molecular complexity index is 1070. The Morgan fingerprint density at radius 3 is 2.62 bits per heavy atom. The molecule has 1 aromatic carbocycles. The smallest absolute Gasteiger partial charge is 0.278 e. The van der Waals surface area contributed by atoms with Crippen molar-refractivity contribution in [1.82, 2.24) is 14.5 Å². The minimum Gasteiger partial charge on any atom is -0.378 e. The number of hydrogen-bond donors (Lipinski definition) is 2. The Hall–Kier alpha value is -2.74. The molecule has 0 spiro atoms. The molecule has 7 nitrogen and oxygen atoms in total. The first-order chi connectivity index (χ1) is 13.8. The van der Waals surface area contributed by atoms with Gasteiger partial charge in [-0.2, -0.15) is 0 Å². The van der Waals surface area contributed by atoms with Crippen molar-refractivity contribution in [3.63, 3.8) is 0 Å². The van der Waals surface area contributed by atoms with Crippen molar-refractivity contribution in [2.45, 2.75) is 38.4 Å². The second kappa shape index (κ2) is 8.73. The van der Waals surface area contributed by atoms with Gasteiger partial charge in [-0.1, -0.05) is 18.7 Å². The van der Waals surface area contributed by atoms with Gasteiger partial charge < -0.3 is 15.2 Å². The quantitative estimate of drug-likeness (QED) is 0.455. The molecule has 2 heterocycles. The number of benzene rings is 1. The number of carbonyl (C=O) groups is 1. The van der Waals surface area contributed by atoms with E-state index in [9.17, 15) is 9.59 Å². The van der Waals surface area contributed by atoms with Crippen molar-refractivity contribution in [2.24, 2.45) is 0 Å². The van der Waals surface area contributed by atoms with E-state index < -0.39 is 0 Å². The van der Waals surface area contributed by atoms with Crippen LogP contribution < -0.4 is 15.8 Å². The van der Waals surface area contributed by atoms with Crippen molar-refractivity contribution in [2.75, 3.05) is 30.1 Å². The first-order valence-electron chi connectivity index (χ1n) is 9.62. The number of amides is 1. The maximum atomic E-state index is 13.0. The normalized spacial score (nSPS) is 12.2. The molecule has 3 aromatic rings. The van der Waals surface area contributed by atoms with Gasteiger partial charge in [-0.15, -0.1) is 0 Å². The molecule has 0 bridgehead atoms. The lowest BCUT2D eigenvalue weighted by molar-refractivity contribution is -0.113. The summed E-state index contributed by atoms with van der Waals surface area (Å²) in [6.45, 7) is 5.91. The highest BCUT2D eigenvalue weighted by Gasteiger charge is 2.18. The fraction of sp³-hybridized carbons (Fsp3) is 0.381. The summed E-state index contributed by atoms with van der Waals surface area (Å²) in [7, 11) is 3.94. The second-order valence-corrected chi connectivity index (χ2v) is 8.26. The molecule has 0 unspecified atom stereocenters. The summed E-state index contributed by atoms with van der Waals surface area (Å²) in [6.07, 6.45) is 0.796. The van der Waals surface area contributed by atoms with Crippen molar-refractivity contribution < 1.29 is 4.79 Å². The topological polar surface area (TPSA) is 83.0 Å². The summed E-state index contributed by atoms with van der Waals surface area (Å²) in [5, 5.41) is 3.46. The van der Waals surface area contributed by atoms with E-state index in [2.05, 4.69) is 15.3 Å². The Labute approximate surface area is 174 Å². The summed E-state index contributed by atoms with van der Waals surface area (Å²) in [4.78, 5) is 35.1. The summed E-state index contributed by atoms with van der Waals surface area (Å²) in [5.74, 6) is 0.0376. The molecule has 0 saturated carbocycles. The average molecular weight is 414 g/mol. The summed E-state index contributed by atoms with van der Waals surface area (Å²) < 4.78 is 1.68. The van der Waals surface area contributed by atoms with Crippen molar-refractivity contribution in [3.8, 4) is 0 Å². The fourth-order valence-corrected chi connectivity index (χ4v) is 3.93. The van der Waals surface area contributed by atoms with Gasteiger partial charge in [0.1, 0.15) is 5.52 Å². The number of fused-ring (bicyclic) bond motifs is 1. The molecule has 8 heteroatoms. The Morgan fingerprint density at radius 2 is 2.00 bits per heavy atom. The monoisotopic (exact) mass is 413 g/mol. The molecular weight excluding hydrogens is 386 g/mol. The SMILES string of the molecule is CC[C@@H](C)n1c(SCC(=O)Nc2ccc(N(C)C)cc2)nc2cc(C)[nH]c2c1=O. The highest BCUT2D eigenvalue weighted by molar-refractivity contribution is 7.99. The van der Waals surface area contributed by atoms with Crippen LogP contribution in [0.3, 0.4) is 0 Å². The summed E-state index contributed by atoms with van der Waals surface area (Å²) in [5.41, 5.74) is 3.74. The Morgan fingerprint density at radius 1 is 1.31 bits per heavy atom. The highest BCUT2D eigenvalue weighted by Crippen LogP contribution is 2.23. The largest absolute Gasteiger partial charge is 0.378 e. The third kappa shape index (κ3) is 4.64. The molecule has 29 heavy (non-hydrogen) atoms. The van der Waals surface area contributed by atoms with Crippen LogP contribution in [0, 0.1) is 6.92 Å². The number of rotatable bonds is 7. The zero-order valence-electron chi connectivity index (χ0n) is 17.4. The van der Waals surface area contributed by atoms with Gasteiger partial charge in [0.2, 0.25) is 5.91 Å². The van der Waals surface area contributed by atoms with Crippen LogP contribution in [-0.2, 0) is 4.79 Å². The van der Waals surface area contributed by atoms with E-state index in [4.69, 9.17) is 0 Å². The van der Waals surface area contributed by atoms with E-state index in [1.54, 1.807) is 4.57 Å². The van der Waals surface area contributed by atoms with Gasteiger partial charge in [-0.25, -0.2) is 4.98 Å². The number of hydrogen-bond acceptors (Lipinski definition) is 5. The highest BCUT2D eigenvalue weighted by atomic mass is 32.2. The van der Waals surface area contributed by atoms with Crippen LogP contribution >= 0.6 is 11.8 Å². The van der Waals surface area contributed by atoms with Crippen molar-refractivity contribution >= 4 is 40.1 Å². The lowest BCUT2D eigenvalue weighted by atomic mass is 10.2. The number of anilines is 2. The van der Waals surface area contributed by atoms with Crippen LogP contribution in [0.4, 0.5) is 11.4 Å². The van der Waals surface area contributed by atoms with Crippen LogP contribution in [0.15, 0.2) is 40.3 Å². The van der Waals surface area contributed by atoms with Gasteiger partial charge in [-0.05, 0) is 50.6 Å². The van der Waals surface area contributed by atoms with Gasteiger partial charge in [0, 0.05) is 37.2 Å². The third-order valence-corrected chi connectivity index (χ3v) is 5.77. The van der Waals surface area contributed by atoms with Gasteiger partial charge in [-0.3, -0.25) is 14.2 Å². The van der Waals surface area contributed by atoms with E-state index in [1.807, 2.05) is 70.1 Å². The number of aryl methyl sites for hydroxylation is 1. The maximum Gasteiger partial charge on any atom is 0.278 e. The number of nitrogens with one attached hydrogen (secondary N) is 2. The number of nitrogens with zero attached hydrogens (tertiary/aromatic N) is 3. The number of carbonyl (C=O) groups excluding carboxylic acids is 1. The van der Waals surface area contributed by atoms with Gasteiger partial charge in [0.25, 0.3) is 5.56 Å². The predicted molar refractivity (Wildman–Crippen MR) is 120 cm³/mol. The number of aromatic amines is 1. The molecule has 3 rings (SSSR count). The maximum absolute atomic E-state index is 13.0. The molecule has 1 amide bonds. The van der Waals surface area contributed by atoms with Gasteiger partial charge >= 0.3 is 0 Å². The first kappa shape index (κ1) is 21.0. The molecule has 0 aliphatic rings. The van der Waals surface area contributed by atoms with E-state index in [0.717, 1.165) is 23.5 Å². The summed E-state index contributed by atoms with van der Waals surface area (Å²) in [6, 6.07) is 9.50. The lowest BCUT2D eigenvalue weighted by Crippen LogP contribution is -2.26. The van der Waals surface area contributed by atoms with Gasteiger partial charge in [0.15, 0.2) is 5.16 Å². The van der Waals surface area contributed by atoms with Crippen molar-refractivity contribution in [3.05, 3.63) is 46.4 Å². The molecule has 0 fully saturated rings. The van der Waals surface area contributed by atoms with Crippen LogP contribution in [0.1, 0.15) is 32.0 Å². The molecular formula is C21H27N5O2S. The summed E-state index contributed by atoms with van der Waals surface area (Å²) >= 11 is 1.28. The molecule has 2 N–H and O–H groups in total. The van der Waals surface area contributed by atoms with Crippen LogP contribution in [0.5, 0.6) is 0 Å². The Kier molecular flexibility index (Phi) is 6.32. The molecule has 2 aromatic heterocycles. The number of aromatic nitrogens is 3. The molecule has 1 atom stereocenters. The van der Waals surface area contributed by atoms with E-state index in [1.165, 1.54) is 11.8 Å². The van der Waals surface area contributed by atoms with Gasteiger partial charge in [0.05, 0.1) is 11.3 Å².